The zero-order valence-electron chi connectivity index (χ0n) is 10.0. The Morgan fingerprint density at radius 2 is 2.38 bits per heavy atom. The number of carboxylic acid groups (broad SMARTS) is 1. The van der Waals surface area contributed by atoms with Crippen molar-refractivity contribution in [3.63, 3.8) is 0 Å². The zero-order valence-corrected chi connectivity index (χ0v) is 10.0. The Bertz CT molecular complexity index is 222. The Labute approximate surface area is 96.3 Å². The molecule has 1 rings (SSSR count). The van der Waals surface area contributed by atoms with Crippen molar-refractivity contribution in [2.24, 2.45) is 0 Å². The third-order valence-electron chi connectivity index (χ3n) is 2.91. The molecule has 0 aromatic carbocycles. The topological polar surface area (TPSA) is 59.0 Å². The number of ether oxygens (including phenoxy) is 2. The number of carboxylic acids is 1. The second kappa shape index (κ2) is 6.83. The van der Waals surface area contributed by atoms with Crippen molar-refractivity contribution in [2.45, 2.75) is 32.0 Å². The molecule has 94 valence electrons. The molecule has 16 heavy (non-hydrogen) atoms. The number of aliphatic carboxylic acids is 1. The molecule has 0 bridgehead atoms. The van der Waals surface area contributed by atoms with Crippen molar-refractivity contribution in [2.75, 3.05) is 33.4 Å². The molecule has 1 heterocycles. The van der Waals surface area contributed by atoms with Crippen LogP contribution in [-0.4, -0.2) is 61.5 Å². The van der Waals surface area contributed by atoms with Crippen LogP contribution in [0.25, 0.3) is 0 Å². The second-order valence-corrected chi connectivity index (χ2v) is 4.02. The van der Waals surface area contributed by atoms with E-state index in [9.17, 15) is 4.79 Å². The Balaban J connectivity index is 2.24. The van der Waals surface area contributed by atoms with Gasteiger partial charge in [-0.15, -0.1) is 0 Å². The summed E-state index contributed by atoms with van der Waals surface area (Å²) in [6, 6.07) is 0. The highest BCUT2D eigenvalue weighted by Gasteiger charge is 2.24. The van der Waals surface area contributed by atoms with E-state index in [-0.39, 0.29) is 0 Å². The van der Waals surface area contributed by atoms with Crippen LogP contribution in [0.3, 0.4) is 0 Å². The molecule has 1 aliphatic rings. The van der Waals surface area contributed by atoms with E-state index in [4.69, 9.17) is 14.6 Å². The van der Waals surface area contributed by atoms with Crippen LogP contribution in [-0.2, 0) is 14.3 Å². The van der Waals surface area contributed by atoms with Crippen molar-refractivity contribution in [3.05, 3.63) is 0 Å². The highest BCUT2D eigenvalue weighted by Crippen LogP contribution is 2.13. The molecule has 0 spiro atoms. The minimum Gasteiger partial charge on any atom is -0.479 e. The van der Waals surface area contributed by atoms with Gasteiger partial charge in [0.2, 0.25) is 0 Å². The Morgan fingerprint density at radius 3 is 2.88 bits per heavy atom. The normalized spacial score (nSPS) is 23.5. The molecule has 0 amide bonds. The highest BCUT2D eigenvalue weighted by molar-refractivity contribution is 5.72. The third kappa shape index (κ3) is 4.08. The maximum Gasteiger partial charge on any atom is 0.332 e. The molecule has 1 fully saturated rings. The van der Waals surface area contributed by atoms with E-state index in [1.54, 1.807) is 7.11 Å². The van der Waals surface area contributed by atoms with Crippen LogP contribution in [0.15, 0.2) is 0 Å². The summed E-state index contributed by atoms with van der Waals surface area (Å²) in [6.07, 6.45) is 1.20. The summed E-state index contributed by atoms with van der Waals surface area (Å²) in [5.74, 6) is -0.871. The van der Waals surface area contributed by atoms with Crippen molar-refractivity contribution < 1.29 is 19.4 Å². The van der Waals surface area contributed by atoms with Gasteiger partial charge in [-0.1, -0.05) is 0 Å². The number of rotatable bonds is 7. The fourth-order valence-corrected chi connectivity index (χ4v) is 1.97. The molecule has 0 radical (unpaired) electrons. The minimum atomic E-state index is -0.871. The molecule has 2 unspecified atom stereocenters. The molecule has 1 aliphatic heterocycles. The predicted molar refractivity (Wildman–Crippen MR) is 59.5 cm³/mol. The lowest BCUT2D eigenvalue weighted by Gasteiger charge is -2.18. The number of methoxy groups -OCH3 is 1. The monoisotopic (exact) mass is 231 g/mol. The summed E-state index contributed by atoms with van der Waals surface area (Å²) < 4.78 is 10.4. The maximum atomic E-state index is 10.8. The van der Waals surface area contributed by atoms with E-state index < -0.39 is 12.1 Å². The predicted octanol–water partition coefficient (Wildman–Crippen LogP) is 0.587. The number of hydrogen-bond acceptors (Lipinski definition) is 4. The van der Waals surface area contributed by atoms with Crippen molar-refractivity contribution in [1.82, 2.24) is 4.90 Å². The number of hydrogen-bond donors (Lipinski definition) is 1. The van der Waals surface area contributed by atoms with E-state index in [2.05, 4.69) is 4.90 Å². The molecule has 2 atom stereocenters. The quantitative estimate of drug-likeness (QED) is 0.695. The van der Waals surface area contributed by atoms with Gasteiger partial charge in [-0.3, -0.25) is 0 Å². The molecular formula is C11H21NO4. The van der Waals surface area contributed by atoms with Gasteiger partial charge < -0.3 is 19.5 Å². The summed E-state index contributed by atoms with van der Waals surface area (Å²) in [5.41, 5.74) is 0. The van der Waals surface area contributed by atoms with Gasteiger partial charge in [-0.2, -0.15) is 0 Å². The van der Waals surface area contributed by atoms with Crippen LogP contribution in [0.5, 0.6) is 0 Å². The van der Waals surface area contributed by atoms with Gasteiger partial charge in [0.25, 0.3) is 0 Å². The lowest BCUT2D eigenvalue weighted by molar-refractivity contribution is -0.150. The molecule has 5 heteroatoms. The van der Waals surface area contributed by atoms with Crippen molar-refractivity contribution >= 4 is 5.97 Å². The summed E-state index contributed by atoms with van der Waals surface area (Å²) >= 11 is 0. The Hall–Kier alpha value is -0.650. The largest absolute Gasteiger partial charge is 0.479 e. The average Bonchev–Trinajstić information content (AvgIpc) is 2.71. The van der Waals surface area contributed by atoms with Crippen LogP contribution >= 0.6 is 0 Å². The number of likely N-dealkylation sites (tertiary alicyclic amines) is 1. The summed E-state index contributed by atoms with van der Waals surface area (Å²) in [4.78, 5) is 13.1. The maximum absolute atomic E-state index is 10.8. The van der Waals surface area contributed by atoms with E-state index in [1.165, 1.54) is 0 Å². The molecule has 0 aliphatic carbocycles. The molecule has 0 aromatic rings. The van der Waals surface area contributed by atoms with E-state index in [1.807, 2.05) is 6.92 Å². The Morgan fingerprint density at radius 1 is 1.62 bits per heavy atom. The minimum absolute atomic E-state index is 0.301. The molecule has 1 saturated heterocycles. The Kier molecular flexibility index (Phi) is 5.73. The molecule has 0 aromatic heterocycles. The van der Waals surface area contributed by atoms with Crippen LogP contribution < -0.4 is 0 Å². The first kappa shape index (κ1) is 13.4. The van der Waals surface area contributed by atoms with Crippen LogP contribution in [0.1, 0.15) is 19.8 Å². The summed E-state index contributed by atoms with van der Waals surface area (Å²) in [7, 11) is 1.72. The lowest BCUT2D eigenvalue weighted by Crippen LogP contribution is -2.31. The summed E-state index contributed by atoms with van der Waals surface area (Å²) in [6.45, 7) is 4.90. The van der Waals surface area contributed by atoms with Gasteiger partial charge >= 0.3 is 5.97 Å². The standard InChI is InChI=1S/C11H21NO4/c1-3-16-10(11(13)14)5-7-12-6-4-9(8-12)15-2/h9-10H,3-8H2,1-2H3,(H,13,14). The fraction of sp³-hybridized carbons (Fsp3) is 0.909. The molecule has 0 saturated carbocycles. The first-order chi connectivity index (χ1) is 7.67. The van der Waals surface area contributed by atoms with E-state index >= 15 is 0 Å². The lowest BCUT2D eigenvalue weighted by atomic mass is 10.2. The molecular weight excluding hydrogens is 210 g/mol. The average molecular weight is 231 g/mol. The molecule has 1 N–H and O–H groups in total. The van der Waals surface area contributed by atoms with Crippen LogP contribution in [0, 0.1) is 0 Å². The highest BCUT2D eigenvalue weighted by atomic mass is 16.5. The third-order valence-corrected chi connectivity index (χ3v) is 2.91. The van der Waals surface area contributed by atoms with Crippen LogP contribution in [0.4, 0.5) is 0 Å². The fourth-order valence-electron chi connectivity index (χ4n) is 1.97. The van der Waals surface area contributed by atoms with Gasteiger partial charge in [-0.25, -0.2) is 4.79 Å². The van der Waals surface area contributed by atoms with Gasteiger partial charge in [0, 0.05) is 33.4 Å². The van der Waals surface area contributed by atoms with Gasteiger partial charge in [0.05, 0.1) is 6.10 Å². The van der Waals surface area contributed by atoms with Gasteiger partial charge in [-0.05, 0) is 19.8 Å². The van der Waals surface area contributed by atoms with E-state index in [0.29, 0.717) is 19.1 Å². The van der Waals surface area contributed by atoms with E-state index in [0.717, 1.165) is 26.1 Å². The number of carbonyl (C=O) groups is 1. The van der Waals surface area contributed by atoms with Crippen LogP contribution in [0.2, 0.25) is 0 Å². The first-order valence-corrected chi connectivity index (χ1v) is 5.77. The van der Waals surface area contributed by atoms with Crippen molar-refractivity contribution in [1.29, 1.82) is 0 Å². The summed E-state index contributed by atoms with van der Waals surface area (Å²) in [5, 5.41) is 8.91. The van der Waals surface area contributed by atoms with Gasteiger partial charge in [0.1, 0.15) is 0 Å². The molecule has 5 nitrogen and oxygen atoms in total. The second-order valence-electron chi connectivity index (χ2n) is 4.02. The van der Waals surface area contributed by atoms with Gasteiger partial charge in [0.15, 0.2) is 6.10 Å². The number of nitrogens with zero attached hydrogens (tertiary/aromatic N) is 1. The SMILES string of the molecule is CCOC(CCN1CCC(OC)C1)C(=O)O. The first-order valence-electron chi connectivity index (χ1n) is 5.77. The van der Waals surface area contributed by atoms with Crippen molar-refractivity contribution in [3.8, 4) is 0 Å². The smallest absolute Gasteiger partial charge is 0.332 e. The zero-order chi connectivity index (χ0) is 12.0.